The first-order chi connectivity index (χ1) is 14.9. The molecule has 162 valence electrons. The Balaban J connectivity index is 1.62. The summed E-state index contributed by atoms with van der Waals surface area (Å²) in [6.45, 7) is 4.33. The number of hydrogen-bond acceptors (Lipinski definition) is 5. The highest BCUT2D eigenvalue weighted by molar-refractivity contribution is 7.15. The summed E-state index contributed by atoms with van der Waals surface area (Å²) < 4.78 is 10.7. The number of halogens is 1. The van der Waals surface area contributed by atoms with Gasteiger partial charge in [-0.2, -0.15) is 0 Å². The van der Waals surface area contributed by atoms with Gasteiger partial charge in [0.2, 0.25) is 5.91 Å². The third-order valence-electron chi connectivity index (χ3n) is 4.74. The molecule has 5 nitrogen and oxygen atoms in total. The van der Waals surface area contributed by atoms with Crippen LogP contribution in [-0.4, -0.2) is 25.6 Å². The molecule has 0 fully saturated rings. The van der Waals surface area contributed by atoms with E-state index < -0.39 is 5.97 Å². The number of amides is 1. The van der Waals surface area contributed by atoms with Crippen molar-refractivity contribution in [2.45, 2.75) is 26.7 Å². The van der Waals surface area contributed by atoms with Gasteiger partial charge in [-0.25, -0.2) is 4.79 Å². The number of esters is 1. The summed E-state index contributed by atoms with van der Waals surface area (Å²) in [5, 5.41) is 5.86. The molecule has 0 saturated carbocycles. The van der Waals surface area contributed by atoms with Crippen LogP contribution in [0.15, 0.2) is 47.8 Å². The molecule has 0 spiro atoms. The van der Waals surface area contributed by atoms with E-state index in [0.717, 1.165) is 28.0 Å². The molecule has 2 aromatic carbocycles. The molecule has 1 N–H and O–H groups in total. The van der Waals surface area contributed by atoms with Crippen LogP contribution in [0, 0.1) is 13.8 Å². The van der Waals surface area contributed by atoms with Crippen molar-refractivity contribution in [3.05, 3.63) is 69.6 Å². The number of benzene rings is 2. The minimum absolute atomic E-state index is 0.182. The minimum Gasteiger partial charge on any atom is -0.493 e. The lowest BCUT2D eigenvalue weighted by molar-refractivity contribution is -0.116. The molecule has 1 heterocycles. The fraction of sp³-hybridized carbons (Fsp3) is 0.250. The summed E-state index contributed by atoms with van der Waals surface area (Å²) in [7, 11) is 1.33. The Morgan fingerprint density at radius 1 is 1.10 bits per heavy atom. The Hall–Kier alpha value is -2.83. The highest BCUT2D eigenvalue weighted by atomic mass is 35.5. The predicted molar refractivity (Wildman–Crippen MR) is 125 cm³/mol. The van der Waals surface area contributed by atoms with Crippen LogP contribution < -0.4 is 10.1 Å². The van der Waals surface area contributed by atoms with Gasteiger partial charge in [0.15, 0.2) is 0 Å². The van der Waals surface area contributed by atoms with Gasteiger partial charge in [-0.05, 0) is 49.6 Å². The van der Waals surface area contributed by atoms with Crippen LogP contribution in [0.1, 0.15) is 34.3 Å². The number of aryl methyl sites for hydroxylation is 2. The minimum atomic E-state index is -0.478. The number of rotatable bonds is 8. The van der Waals surface area contributed by atoms with E-state index in [0.29, 0.717) is 28.6 Å². The van der Waals surface area contributed by atoms with Crippen molar-refractivity contribution in [2.75, 3.05) is 19.0 Å². The topological polar surface area (TPSA) is 64.6 Å². The van der Waals surface area contributed by atoms with Gasteiger partial charge in [-0.3, -0.25) is 4.79 Å². The molecule has 0 atom stereocenters. The summed E-state index contributed by atoms with van der Waals surface area (Å²) in [4.78, 5) is 24.9. The van der Waals surface area contributed by atoms with Crippen molar-refractivity contribution < 1.29 is 19.1 Å². The summed E-state index contributed by atoms with van der Waals surface area (Å²) >= 11 is 7.26. The zero-order chi connectivity index (χ0) is 22.4. The van der Waals surface area contributed by atoms with Crippen molar-refractivity contribution in [2.24, 2.45) is 0 Å². The van der Waals surface area contributed by atoms with Gasteiger partial charge in [0.1, 0.15) is 16.3 Å². The van der Waals surface area contributed by atoms with Crippen molar-refractivity contribution in [3.8, 4) is 16.9 Å². The van der Waals surface area contributed by atoms with Crippen LogP contribution in [0.5, 0.6) is 5.75 Å². The SMILES string of the molecule is COC(=O)c1c(-c2ccc(C)cc2)csc1NC(=O)CCCOc1ccc(Cl)cc1C. The molecule has 3 rings (SSSR count). The van der Waals surface area contributed by atoms with E-state index in [2.05, 4.69) is 5.32 Å². The fourth-order valence-electron chi connectivity index (χ4n) is 3.08. The van der Waals surface area contributed by atoms with Gasteiger partial charge in [-0.15, -0.1) is 11.3 Å². The first kappa shape index (κ1) is 22.8. The average Bonchev–Trinajstić information content (AvgIpc) is 3.15. The van der Waals surface area contributed by atoms with Gasteiger partial charge >= 0.3 is 5.97 Å². The molecule has 1 amide bonds. The molecule has 3 aromatic rings. The number of carbonyl (C=O) groups is 2. The number of hydrogen-bond donors (Lipinski definition) is 1. The Bertz CT molecular complexity index is 1080. The largest absolute Gasteiger partial charge is 0.493 e. The standard InChI is InChI=1S/C24H24ClNO4S/c1-15-6-8-17(9-7-15)19-14-31-23(22(19)24(28)29-3)26-21(27)5-4-12-30-20-11-10-18(25)13-16(20)2/h6-11,13-14H,4-5,12H2,1-3H3,(H,26,27). The molecule has 0 aliphatic carbocycles. The Kier molecular flexibility index (Phi) is 7.71. The predicted octanol–water partition coefficient (Wildman–Crippen LogP) is 6.27. The second kappa shape index (κ2) is 10.5. The van der Waals surface area contributed by atoms with Crippen LogP contribution in [0.4, 0.5) is 5.00 Å². The van der Waals surface area contributed by atoms with E-state index in [1.165, 1.54) is 18.4 Å². The number of carbonyl (C=O) groups excluding carboxylic acids is 2. The summed E-state index contributed by atoms with van der Waals surface area (Å²) in [5.74, 6) is 0.0892. The van der Waals surface area contributed by atoms with Crippen molar-refractivity contribution >= 4 is 39.8 Å². The lowest BCUT2D eigenvalue weighted by Gasteiger charge is -2.10. The second-order valence-electron chi connectivity index (χ2n) is 7.12. The summed E-state index contributed by atoms with van der Waals surface area (Å²) in [6.07, 6.45) is 0.808. The van der Waals surface area contributed by atoms with E-state index in [1.54, 1.807) is 6.07 Å². The lowest BCUT2D eigenvalue weighted by Crippen LogP contribution is -2.15. The molecule has 0 aliphatic rings. The highest BCUT2D eigenvalue weighted by Gasteiger charge is 2.22. The first-order valence-electron chi connectivity index (χ1n) is 9.84. The monoisotopic (exact) mass is 457 g/mol. The molecule has 31 heavy (non-hydrogen) atoms. The van der Waals surface area contributed by atoms with Gasteiger partial charge in [0.05, 0.1) is 13.7 Å². The number of ether oxygens (including phenoxy) is 2. The maximum atomic E-state index is 12.5. The van der Waals surface area contributed by atoms with Crippen molar-refractivity contribution in [3.63, 3.8) is 0 Å². The van der Waals surface area contributed by atoms with Crippen LogP contribution in [-0.2, 0) is 9.53 Å². The first-order valence-corrected chi connectivity index (χ1v) is 11.1. The summed E-state index contributed by atoms with van der Waals surface area (Å²) in [5.41, 5.74) is 4.09. The molecule has 0 aliphatic heterocycles. The summed E-state index contributed by atoms with van der Waals surface area (Å²) in [6, 6.07) is 13.3. The van der Waals surface area contributed by atoms with E-state index in [1.807, 2.05) is 55.6 Å². The third-order valence-corrected chi connectivity index (χ3v) is 5.87. The van der Waals surface area contributed by atoms with Gasteiger partial charge in [0, 0.05) is 22.4 Å². The zero-order valence-corrected chi connectivity index (χ0v) is 19.2. The second-order valence-corrected chi connectivity index (χ2v) is 8.44. The zero-order valence-electron chi connectivity index (χ0n) is 17.7. The maximum Gasteiger partial charge on any atom is 0.341 e. The molecule has 0 bridgehead atoms. The molecule has 0 saturated heterocycles. The van der Waals surface area contributed by atoms with E-state index in [-0.39, 0.29) is 12.3 Å². The van der Waals surface area contributed by atoms with E-state index in [4.69, 9.17) is 21.1 Å². The van der Waals surface area contributed by atoms with Crippen LogP contribution in [0.2, 0.25) is 5.02 Å². The van der Waals surface area contributed by atoms with E-state index >= 15 is 0 Å². The molecule has 7 heteroatoms. The molecular weight excluding hydrogens is 434 g/mol. The van der Waals surface area contributed by atoms with E-state index in [9.17, 15) is 9.59 Å². The Morgan fingerprint density at radius 2 is 1.84 bits per heavy atom. The van der Waals surface area contributed by atoms with Gasteiger partial charge < -0.3 is 14.8 Å². The van der Waals surface area contributed by atoms with Crippen LogP contribution >= 0.6 is 22.9 Å². The molecule has 0 radical (unpaired) electrons. The number of methoxy groups -OCH3 is 1. The Morgan fingerprint density at radius 3 is 2.52 bits per heavy atom. The van der Waals surface area contributed by atoms with Crippen molar-refractivity contribution in [1.29, 1.82) is 0 Å². The van der Waals surface area contributed by atoms with Crippen LogP contribution in [0.25, 0.3) is 11.1 Å². The number of thiophene rings is 1. The molecule has 0 unspecified atom stereocenters. The number of nitrogens with one attached hydrogen (secondary N) is 1. The van der Waals surface area contributed by atoms with Crippen molar-refractivity contribution in [1.82, 2.24) is 0 Å². The molecular formula is C24H24ClNO4S. The normalized spacial score (nSPS) is 10.6. The third kappa shape index (κ3) is 5.87. The van der Waals surface area contributed by atoms with Crippen LogP contribution in [0.3, 0.4) is 0 Å². The van der Waals surface area contributed by atoms with Gasteiger partial charge in [0.25, 0.3) is 0 Å². The fourth-order valence-corrected chi connectivity index (χ4v) is 4.28. The Labute approximate surface area is 191 Å². The maximum absolute atomic E-state index is 12.5. The average molecular weight is 458 g/mol. The quantitative estimate of drug-likeness (QED) is 0.320. The highest BCUT2D eigenvalue weighted by Crippen LogP contribution is 2.36. The number of anilines is 1. The smallest absolute Gasteiger partial charge is 0.341 e. The lowest BCUT2D eigenvalue weighted by atomic mass is 10.0. The molecule has 1 aromatic heterocycles. The van der Waals surface area contributed by atoms with Gasteiger partial charge in [-0.1, -0.05) is 41.4 Å².